The minimum Gasteiger partial charge on any atom is -0.316 e. The van der Waals surface area contributed by atoms with Crippen LogP contribution in [0.5, 0.6) is 0 Å². The predicted molar refractivity (Wildman–Crippen MR) is 59.9 cm³/mol. The largest absolute Gasteiger partial charge is 0.316 e. The minimum absolute atomic E-state index is 0.371. The van der Waals surface area contributed by atoms with E-state index in [1.807, 2.05) is 24.9 Å². The molecule has 0 heterocycles. The molecule has 72 valence electrons. The van der Waals surface area contributed by atoms with Crippen molar-refractivity contribution < 1.29 is 0 Å². The fourth-order valence-corrected chi connectivity index (χ4v) is 1.82. The maximum atomic E-state index is 3.74. The van der Waals surface area contributed by atoms with Gasteiger partial charge in [0, 0.05) is 16.5 Å². The molecule has 0 rings (SSSR count). The van der Waals surface area contributed by atoms with Crippen molar-refractivity contribution in [1.29, 1.82) is 0 Å². The Morgan fingerprint density at radius 2 is 2.08 bits per heavy atom. The van der Waals surface area contributed by atoms with Gasteiger partial charge < -0.3 is 5.32 Å². The van der Waals surface area contributed by atoms with Gasteiger partial charge in [-0.1, -0.05) is 26.8 Å². The lowest BCUT2D eigenvalue weighted by Crippen LogP contribution is -2.28. The Balaban J connectivity index is 3.64. The average Bonchev–Trinajstić information content (AvgIpc) is 1.96. The molecule has 1 N–H and O–H groups in total. The van der Waals surface area contributed by atoms with Gasteiger partial charge in [0.1, 0.15) is 0 Å². The van der Waals surface area contributed by atoms with E-state index >= 15 is 0 Å². The van der Waals surface area contributed by atoms with E-state index in [1.165, 1.54) is 0 Å². The van der Waals surface area contributed by atoms with Crippen molar-refractivity contribution in [2.75, 3.05) is 12.8 Å². The van der Waals surface area contributed by atoms with Gasteiger partial charge in [-0.25, -0.2) is 0 Å². The van der Waals surface area contributed by atoms with Gasteiger partial charge in [-0.3, -0.25) is 0 Å². The zero-order valence-electron chi connectivity index (χ0n) is 8.68. The van der Waals surface area contributed by atoms with Crippen molar-refractivity contribution >= 4 is 11.8 Å². The van der Waals surface area contributed by atoms with Gasteiger partial charge in [0.25, 0.3) is 0 Å². The molecule has 0 aromatic heterocycles. The van der Waals surface area contributed by atoms with Gasteiger partial charge in [-0.05, 0) is 13.5 Å². The molecular weight excluding hydrogens is 166 g/mol. The van der Waals surface area contributed by atoms with E-state index in [9.17, 15) is 0 Å². The van der Waals surface area contributed by atoms with Crippen molar-refractivity contribution in [2.45, 2.75) is 38.0 Å². The van der Waals surface area contributed by atoms with Crippen LogP contribution in [0.3, 0.4) is 0 Å². The monoisotopic (exact) mass is 187 g/mol. The highest BCUT2D eigenvalue weighted by molar-refractivity contribution is 8.00. The van der Waals surface area contributed by atoms with E-state index in [-0.39, 0.29) is 0 Å². The molecular formula is C10H21NS. The molecule has 12 heavy (non-hydrogen) atoms. The first-order chi connectivity index (χ1) is 5.49. The highest BCUT2D eigenvalue weighted by atomic mass is 32.2. The normalized spacial score (nSPS) is 14.3. The van der Waals surface area contributed by atoms with Crippen LogP contribution in [0.15, 0.2) is 12.7 Å². The summed E-state index contributed by atoms with van der Waals surface area (Å²) in [6, 6.07) is 0.576. The maximum Gasteiger partial charge on any atom is 0.0189 e. The third-order valence-electron chi connectivity index (χ3n) is 1.58. The predicted octanol–water partition coefficient (Wildman–Crippen LogP) is 2.68. The Kier molecular flexibility index (Phi) is 5.68. The second-order valence-corrected chi connectivity index (χ2v) is 5.78. The Bertz CT molecular complexity index is 126. The molecule has 0 saturated heterocycles. The quantitative estimate of drug-likeness (QED) is 0.664. The van der Waals surface area contributed by atoms with Gasteiger partial charge in [-0.2, -0.15) is 11.8 Å². The van der Waals surface area contributed by atoms with Crippen LogP contribution in [0.25, 0.3) is 0 Å². The molecule has 0 radical (unpaired) electrons. The van der Waals surface area contributed by atoms with Crippen LogP contribution >= 0.6 is 11.8 Å². The molecule has 1 nitrogen and oxygen atoms in total. The summed E-state index contributed by atoms with van der Waals surface area (Å²) in [5, 5.41) is 3.28. The van der Waals surface area contributed by atoms with Crippen LogP contribution in [0.1, 0.15) is 27.2 Å². The third-order valence-corrected chi connectivity index (χ3v) is 3.01. The topological polar surface area (TPSA) is 12.0 Å². The molecule has 0 fully saturated rings. The van der Waals surface area contributed by atoms with E-state index in [2.05, 4.69) is 32.7 Å². The maximum absolute atomic E-state index is 3.74. The lowest BCUT2D eigenvalue weighted by molar-refractivity contribution is 0.625. The number of rotatable bonds is 5. The van der Waals surface area contributed by atoms with Crippen LogP contribution in [0, 0.1) is 0 Å². The fourth-order valence-electron chi connectivity index (χ4n) is 0.821. The van der Waals surface area contributed by atoms with Crippen molar-refractivity contribution in [3.63, 3.8) is 0 Å². The Labute approximate surface area is 81.0 Å². The Hall–Kier alpha value is 0.0500. The molecule has 0 aliphatic heterocycles. The van der Waals surface area contributed by atoms with Crippen molar-refractivity contribution in [3.05, 3.63) is 12.7 Å². The average molecular weight is 187 g/mol. The van der Waals surface area contributed by atoms with Crippen LogP contribution in [-0.4, -0.2) is 23.6 Å². The number of thioether (sulfide) groups is 1. The van der Waals surface area contributed by atoms with Crippen LogP contribution in [0.2, 0.25) is 0 Å². The molecule has 1 atom stereocenters. The number of nitrogens with one attached hydrogen (secondary N) is 1. The SMILES string of the molecule is C=CCC(CSC(C)(C)C)NC. The first-order valence-electron chi connectivity index (χ1n) is 4.41. The van der Waals surface area contributed by atoms with Crippen LogP contribution in [-0.2, 0) is 0 Å². The first-order valence-corrected chi connectivity index (χ1v) is 5.40. The van der Waals surface area contributed by atoms with Gasteiger partial charge in [0.05, 0.1) is 0 Å². The fraction of sp³-hybridized carbons (Fsp3) is 0.800. The molecule has 0 aliphatic carbocycles. The molecule has 0 saturated carbocycles. The molecule has 2 heteroatoms. The Morgan fingerprint density at radius 1 is 1.50 bits per heavy atom. The number of hydrogen-bond donors (Lipinski definition) is 1. The van der Waals surface area contributed by atoms with Crippen molar-refractivity contribution in [2.24, 2.45) is 0 Å². The zero-order valence-corrected chi connectivity index (χ0v) is 9.50. The summed E-state index contributed by atoms with van der Waals surface area (Å²) in [5.41, 5.74) is 0. The molecule has 0 bridgehead atoms. The van der Waals surface area contributed by atoms with Crippen LogP contribution < -0.4 is 5.32 Å². The highest BCUT2D eigenvalue weighted by Crippen LogP contribution is 2.24. The second-order valence-electron chi connectivity index (χ2n) is 3.93. The second kappa shape index (κ2) is 5.65. The molecule has 1 unspecified atom stereocenters. The summed E-state index contributed by atoms with van der Waals surface area (Å²) in [5.74, 6) is 1.16. The van der Waals surface area contributed by atoms with Crippen molar-refractivity contribution in [1.82, 2.24) is 5.32 Å². The zero-order chi connectivity index (χ0) is 9.61. The van der Waals surface area contributed by atoms with Crippen molar-refractivity contribution in [3.8, 4) is 0 Å². The first kappa shape index (κ1) is 12.0. The summed E-state index contributed by atoms with van der Waals surface area (Å²) < 4.78 is 0.371. The van der Waals surface area contributed by atoms with Gasteiger partial charge in [-0.15, -0.1) is 6.58 Å². The standard InChI is InChI=1S/C10H21NS/c1-6-7-9(11-5)8-12-10(2,3)4/h6,9,11H,1,7-8H2,2-5H3. The molecule has 0 aromatic carbocycles. The van der Waals surface area contributed by atoms with E-state index in [0.717, 1.165) is 12.2 Å². The lowest BCUT2D eigenvalue weighted by atomic mass is 10.2. The summed E-state index contributed by atoms with van der Waals surface area (Å²) in [7, 11) is 2.01. The van der Waals surface area contributed by atoms with Gasteiger partial charge in [0.15, 0.2) is 0 Å². The smallest absolute Gasteiger partial charge is 0.0189 e. The minimum atomic E-state index is 0.371. The summed E-state index contributed by atoms with van der Waals surface area (Å²) in [6.45, 7) is 10.5. The highest BCUT2D eigenvalue weighted by Gasteiger charge is 2.13. The molecule has 0 amide bonds. The van der Waals surface area contributed by atoms with E-state index in [1.54, 1.807) is 0 Å². The van der Waals surface area contributed by atoms with E-state index in [4.69, 9.17) is 0 Å². The van der Waals surface area contributed by atoms with E-state index in [0.29, 0.717) is 10.8 Å². The number of hydrogen-bond acceptors (Lipinski definition) is 2. The van der Waals surface area contributed by atoms with Gasteiger partial charge >= 0.3 is 0 Å². The summed E-state index contributed by atoms with van der Waals surface area (Å²) in [4.78, 5) is 0. The summed E-state index contributed by atoms with van der Waals surface area (Å²) in [6.07, 6.45) is 3.03. The molecule has 0 aliphatic rings. The van der Waals surface area contributed by atoms with E-state index < -0.39 is 0 Å². The van der Waals surface area contributed by atoms with Gasteiger partial charge in [0.2, 0.25) is 0 Å². The summed E-state index contributed by atoms with van der Waals surface area (Å²) >= 11 is 2.00. The third kappa shape index (κ3) is 6.74. The van der Waals surface area contributed by atoms with Crippen LogP contribution in [0.4, 0.5) is 0 Å². The Morgan fingerprint density at radius 3 is 2.42 bits per heavy atom. The lowest BCUT2D eigenvalue weighted by Gasteiger charge is -2.21. The molecule has 0 aromatic rings. The molecule has 0 spiro atoms.